The van der Waals surface area contributed by atoms with Crippen molar-refractivity contribution in [1.82, 2.24) is 0 Å². The van der Waals surface area contributed by atoms with Gasteiger partial charge in [-0.3, -0.25) is 4.79 Å². The molecule has 2 N–H and O–H groups in total. The zero-order valence-electron chi connectivity index (χ0n) is 10.4. The molecule has 0 radical (unpaired) electrons. The second-order valence-corrected chi connectivity index (χ2v) is 5.00. The minimum Gasteiger partial charge on any atom is -0.489 e. The van der Waals surface area contributed by atoms with Crippen molar-refractivity contribution in [2.45, 2.75) is 13.0 Å². The number of thiophene rings is 1. The lowest BCUT2D eigenvalue weighted by molar-refractivity contribution is -0.136. The third-order valence-corrected chi connectivity index (χ3v) is 3.56. The first kappa shape index (κ1) is 14.1. The molecule has 1 aromatic heterocycles. The number of aliphatic carboxylic acids is 1. The molecule has 0 bridgehead atoms. The Morgan fingerprint density at radius 2 is 1.80 bits per heavy atom. The molecular formula is C14H12O5S. The van der Waals surface area contributed by atoms with Crippen molar-refractivity contribution in [2.75, 3.05) is 0 Å². The van der Waals surface area contributed by atoms with Crippen LogP contribution in [0.4, 0.5) is 0 Å². The zero-order chi connectivity index (χ0) is 14.5. The van der Waals surface area contributed by atoms with Crippen LogP contribution in [0.1, 0.15) is 20.8 Å². The summed E-state index contributed by atoms with van der Waals surface area (Å²) in [5.41, 5.74) is 1.31. The SMILES string of the molecule is O=C(O)Cc1ccc(OCc2ccsc2C(=O)O)cc1. The maximum absolute atomic E-state index is 10.9. The number of carboxylic acids is 2. The Hall–Kier alpha value is -2.34. The van der Waals surface area contributed by atoms with Crippen molar-refractivity contribution in [2.24, 2.45) is 0 Å². The monoisotopic (exact) mass is 292 g/mol. The van der Waals surface area contributed by atoms with E-state index in [9.17, 15) is 9.59 Å². The molecule has 0 saturated heterocycles. The number of carbonyl (C=O) groups is 2. The third-order valence-electron chi connectivity index (χ3n) is 2.61. The Kier molecular flexibility index (Phi) is 4.37. The average Bonchev–Trinajstić information content (AvgIpc) is 2.86. The Labute approximate surface area is 119 Å². The quantitative estimate of drug-likeness (QED) is 0.855. The van der Waals surface area contributed by atoms with Crippen LogP contribution in [0, 0.1) is 0 Å². The molecule has 1 heterocycles. The summed E-state index contributed by atoms with van der Waals surface area (Å²) in [6.45, 7) is 0.170. The van der Waals surface area contributed by atoms with Gasteiger partial charge in [0.25, 0.3) is 0 Å². The summed E-state index contributed by atoms with van der Waals surface area (Å²) in [5, 5.41) is 19.3. The van der Waals surface area contributed by atoms with Crippen LogP contribution in [0.2, 0.25) is 0 Å². The first-order valence-electron chi connectivity index (χ1n) is 5.79. The average molecular weight is 292 g/mol. The first-order valence-corrected chi connectivity index (χ1v) is 6.67. The van der Waals surface area contributed by atoms with E-state index in [1.165, 1.54) is 0 Å². The number of benzene rings is 1. The Morgan fingerprint density at radius 1 is 1.10 bits per heavy atom. The van der Waals surface area contributed by atoms with E-state index in [2.05, 4.69) is 0 Å². The smallest absolute Gasteiger partial charge is 0.346 e. The van der Waals surface area contributed by atoms with Crippen molar-refractivity contribution in [3.05, 3.63) is 51.7 Å². The van der Waals surface area contributed by atoms with E-state index in [0.717, 1.165) is 11.3 Å². The maximum atomic E-state index is 10.9. The second kappa shape index (κ2) is 6.21. The fourth-order valence-corrected chi connectivity index (χ4v) is 2.42. The van der Waals surface area contributed by atoms with Crippen LogP contribution >= 0.6 is 11.3 Å². The molecule has 2 rings (SSSR count). The molecule has 0 atom stereocenters. The van der Waals surface area contributed by atoms with Crippen molar-refractivity contribution in [3.63, 3.8) is 0 Å². The van der Waals surface area contributed by atoms with Crippen LogP contribution in [0.25, 0.3) is 0 Å². The Bertz CT molecular complexity index is 615. The van der Waals surface area contributed by atoms with Gasteiger partial charge in [0.1, 0.15) is 17.2 Å². The van der Waals surface area contributed by atoms with E-state index in [4.69, 9.17) is 14.9 Å². The summed E-state index contributed by atoms with van der Waals surface area (Å²) in [7, 11) is 0. The third kappa shape index (κ3) is 3.58. The van der Waals surface area contributed by atoms with Crippen molar-refractivity contribution >= 4 is 23.3 Å². The number of hydrogen-bond donors (Lipinski definition) is 2. The second-order valence-electron chi connectivity index (χ2n) is 4.08. The minimum atomic E-state index is -0.963. The maximum Gasteiger partial charge on any atom is 0.346 e. The molecule has 0 fully saturated rings. The highest BCUT2D eigenvalue weighted by atomic mass is 32.1. The Morgan fingerprint density at radius 3 is 2.40 bits per heavy atom. The highest BCUT2D eigenvalue weighted by molar-refractivity contribution is 7.12. The van der Waals surface area contributed by atoms with Gasteiger partial charge < -0.3 is 14.9 Å². The summed E-state index contributed by atoms with van der Waals surface area (Å²) in [4.78, 5) is 21.8. The largest absolute Gasteiger partial charge is 0.489 e. The number of carboxylic acid groups (broad SMARTS) is 2. The lowest BCUT2D eigenvalue weighted by Crippen LogP contribution is -2.02. The molecule has 6 heteroatoms. The molecular weight excluding hydrogens is 280 g/mol. The predicted molar refractivity (Wildman–Crippen MR) is 73.4 cm³/mol. The fraction of sp³-hybridized carbons (Fsp3) is 0.143. The van der Waals surface area contributed by atoms with Gasteiger partial charge in [-0.15, -0.1) is 11.3 Å². The molecule has 0 spiro atoms. The summed E-state index contributed by atoms with van der Waals surface area (Å²) in [6, 6.07) is 8.41. The van der Waals surface area contributed by atoms with Gasteiger partial charge in [-0.2, -0.15) is 0 Å². The first-order chi connectivity index (χ1) is 9.56. The highest BCUT2D eigenvalue weighted by Gasteiger charge is 2.11. The lowest BCUT2D eigenvalue weighted by atomic mass is 10.1. The fourth-order valence-electron chi connectivity index (χ4n) is 1.68. The van der Waals surface area contributed by atoms with Gasteiger partial charge in [0.2, 0.25) is 0 Å². The molecule has 2 aromatic rings. The van der Waals surface area contributed by atoms with E-state index in [0.29, 0.717) is 16.9 Å². The van der Waals surface area contributed by atoms with Gasteiger partial charge in [0.05, 0.1) is 6.42 Å². The van der Waals surface area contributed by atoms with E-state index in [1.807, 2.05) is 0 Å². The normalized spacial score (nSPS) is 10.2. The lowest BCUT2D eigenvalue weighted by Gasteiger charge is -2.06. The zero-order valence-corrected chi connectivity index (χ0v) is 11.2. The van der Waals surface area contributed by atoms with E-state index >= 15 is 0 Å². The van der Waals surface area contributed by atoms with Crippen LogP contribution in [0.3, 0.4) is 0 Å². The number of rotatable bonds is 6. The molecule has 0 amide bonds. The molecule has 0 unspecified atom stereocenters. The molecule has 104 valence electrons. The summed E-state index contributed by atoms with van der Waals surface area (Å²) in [5.74, 6) is -1.28. The molecule has 5 nitrogen and oxygen atoms in total. The minimum absolute atomic E-state index is 0.0338. The molecule has 20 heavy (non-hydrogen) atoms. The summed E-state index contributed by atoms with van der Waals surface area (Å²) in [6.07, 6.45) is -0.0338. The predicted octanol–water partition coefficient (Wildman–Crippen LogP) is 2.65. The van der Waals surface area contributed by atoms with E-state index in [-0.39, 0.29) is 17.9 Å². The number of hydrogen-bond acceptors (Lipinski definition) is 4. The van der Waals surface area contributed by atoms with E-state index in [1.54, 1.807) is 35.7 Å². The van der Waals surface area contributed by atoms with Gasteiger partial charge in [-0.05, 0) is 29.1 Å². The summed E-state index contributed by atoms with van der Waals surface area (Å²) < 4.78 is 5.50. The van der Waals surface area contributed by atoms with Crippen LogP contribution < -0.4 is 4.74 Å². The molecule has 0 aliphatic rings. The van der Waals surface area contributed by atoms with Crippen molar-refractivity contribution in [3.8, 4) is 5.75 Å². The van der Waals surface area contributed by atoms with Crippen LogP contribution in [-0.4, -0.2) is 22.2 Å². The van der Waals surface area contributed by atoms with Gasteiger partial charge >= 0.3 is 11.9 Å². The molecule has 0 aliphatic carbocycles. The number of ether oxygens (including phenoxy) is 1. The standard InChI is InChI=1S/C14H12O5S/c15-12(16)7-9-1-3-11(4-2-9)19-8-10-5-6-20-13(10)14(17)18/h1-6H,7-8H2,(H,15,16)(H,17,18). The van der Waals surface area contributed by atoms with Gasteiger partial charge in [0, 0.05) is 5.56 Å². The molecule has 0 saturated carbocycles. The van der Waals surface area contributed by atoms with Crippen LogP contribution in [-0.2, 0) is 17.8 Å². The van der Waals surface area contributed by atoms with Gasteiger partial charge in [0.15, 0.2) is 0 Å². The van der Waals surface area contributed by atoms with Crippen LogP contribution in [0.5, 0.6) is 5.75 Å². The van der Waals surface area contributed by atoms with Crippen molar-refractivity contribution in [1.29, 1.82) is 0 Å². The van der Waals surface area contributed by atoms with Crippen LogP contribution in [0.15, 0.2) is 35.7 Å². The highest BCUT2D eigenvalue weighted by Crippen LogP contribution is 2.20. The topological polar surface area (TPSA) is 83.8 Å². The van der Waals surface area contributed by atoms with Crippen molar-refractivity contribution < 1.29 is 24.5 Å². The van der Waals surface area contributed by atoms with Gasteiger partial charge in [-0.1, -0.05) is 12.1 Å². The Balaban J connectivity index is 1.98. The molecule has 1 aromatic carbocycles. The summed E-state index contributed by atoms with van der Waals surface area (Å²) >= 11 is 1.16. The number of aromatic carboxylic acids is 1. The van der Waals surface area contributed by atoms with E-state index < -0.39 is 11.9 Å². The van der Waals surface area contributed by atoms with Gasteiger partial charge in [-0.25, -0.2) is 4.79 Å². The molecule has 0 aliphatic heterocycles.